The van der Waals surface area contributed by atoms with Gasteiger partial charge in [-0.2, -0.15) is 0 Å². The summed E-state index contributed by atoms with van der Waals surface area (Å²) in [6.45, 7) is 10.4. The molecular formula is C12H19NO4. The molecule has 0 radical (unpaired) electrons. The first-order valence-electron chi connectivity index (χ1n) is 5.41. The fourth-order valence-corrected chi connectivity index (χ4v) is 1.22. The largest absolute Gasteiger partial charge is 0.457 e. The molecule has 0 rings (SSSR count). The maximum absolute atomic E-state index is 11.3. The molecule has 0 saturated heterocycles. The lowest BCUT2D eigenvalue weighted by molar-refractivity contribution is -0.148. The van der Waals surface area contributed by atoms with Crippen LogP contribution < -0.4 is 0 Å². The molecule has 0 aromatic heterocycles. The van der Waals surface area contributed by atoms with Crippen LogP contribution in [0.3, 0.4) is 0 Å². The van der Waals surface area contributed by atoms with Crippen molar-refractivity contribution in [3.05, 3.63) is 12.2 Å². The minimum absolute atomic E-state index is 0.126. The molecule has 5 nitrogen and oxygen atoms in total. The number of aldehydes is 1. The third kappa shape index (κ3) is 5.29. The standard InChI is InChI=1S/C12H19NO4/c1-8(2)12(16)17-10(5)6-13(9(3)4)11(15)7-14/h7,9-10H,1,6H2,2-5H3. The number of nitrogens with zero attached hydrogens (tertiary/aromatic N) is 1. The summed E-state index contributed by atoms with van der Waals surface area (Å²) in [4.78, 5) is 34.4. The summed E-state index contributed by atoms with van der Waals surface area (Å²) in [7, 11) is 0. The number of esters is 1. The number of carbonyl (C=O) groups excluding carboxylic acids is 3. The van der Waals surface area contributed by atoms with Gasteiger partial charge in [0.15, 0.2) is 0 Å². The Morgan fingerprint density at radius 2 is 1.88 bits per heavy atom. The second kappa shape index (κ2) is 6.83. The second-order valence-electron chi connectivity index (χ2n) is 4.20. The molecule has 0 aromatic carbocycles. The highest BCUT2D eigenvalue weighted by atomic mass is 16.5. The van der Waals surface area contributed by atoms with Gasteiger partial charge in [-0.1, -0.05) is 6.58 Å². The predicted molar refractivity (Wildman–Crippen MR) is 63.3 cm³/mol. The van der Waals surface area contributed by atoms with Crippen molar-refractivity contribution < 1.29 is 19.1 Å². The normalized spacial score (nSPS) is 11.8. The van der Waals surface area contributed by atoms with Gasteiger partial charge in [-0.05, 0) is 27.7 Å². The Balaban J connectivity index is 4.46. The third-order valence-corrected chi connectivity index (χ3v) is 2.12. The zero-order valence-electron chi connectivity index (χ0n) is 10.7. The molecule has 0 heterocycles. The van der Waals surface area contributed by atoms with Crippen molar-refractivity contribution in [3.63, 3.8) is 0 Å². The van der Waals surface area contributed by atoms with Crippen molar-refractivity contribution in [2.24, 2.45) is 0 Å². The van der Waals surface area contributed by atoms with Crippen LogP contribution in [0.2, 0.25) is 0 Å². The lowest BCUT2D eigenvalue weighted by Crippen LogP contribution is -2.43. The van der Waals surface area contributed by atoms with Gasteiger partial charge < -0.3 is 9.64 Å². The van der Waals surface area contributed by atoms with Crippen molar-refractivity contribution >= 4 is 18.2 Å². The average Bonchev–Trinajstić information content (AvgIpc) is 2.24. The fourth-order valence-electron chi connectivity index (χ4n) is 1.22. The lowest BCUT2D eigenvalue weighted by Gasteiger charge is -2.27. The smallest absolute Gasteiger partial charge is 0.333 e. The molecule has 0 aromatic rings. The zero-order chi connectivity index (χ0) is 13.6. The van der Waals surface area contributed by atoms with E-state index in [0.29, 0.717) is 5.57 Å². The van der Waals surface area contributed by atoms with Crippen LogP contribution in [0, 0.1) is 0 Å². The Kier molecular flexibility index (Phi) is 6.17. The highest BCUT2D eigenvalue weighted by Gasteiger charge is 2.20. The van der Waals surface area contributed by atoms with Gasteiger partial charge in [-0.15, -0.1) is 0 Å². The van der Waals surface area contributed by atoms with Gasteiger partial charge in [0.2, 0.25) is 6.29 Å². The lowest BCUT2D eigenvalue weighted by atomic mass is 10.2. The highest BCUT2D eigenvalue weighted by Crippen LogP contribution is 2.04. The van der Waals surface area contributed by atoms with Crippen molar-refractivity contribution in [3.8, 4) is 0 Å². The summed E-state index contributed by atoms with van der Waals surface area (Å²) in [6.07, 6.45) is -0.224. The SMILES string of the molecule is C=C(C)C(=O)OC(C)CN(C(=O)C=O)C(C)C. The Labute approximate surface area is 101 Å². The quantitative estimate of drug-likeness (QED) is 0.300. The molecule has 0 aliphatic rings. The zero-order valence-corrected chi connectivity index (χ0v) is 10.7. The summed E-state index contributed by atoms with van der Waals surface area (Å²) >= 11 is 0. The van der Waals surface area contributed by atoms with E-state index in [1.807, 2.05) is 0 Å². The molecule has 0 bridgehead atoms. The molecule has 5 heteroatoms. The van der Waals surface area contributed by atoms with E-state index >= 15 is 0 Å². The molecule has 17 heavy (non-hydrogen) atoms. The minimum atomic E-state index is -0.613. The van der Waals surface area contributed by atoms with E-state index in [1.165, 1.54) is 4.90 Å². The van der Waals surface area contributed by atoms with Gasteiger partial charge in [-0.25, -0.2) is 4.79 Å². The number of hydrogen-bond donors (Lipinski definition) is 0. The Bertz CT molecular complexity index is 322. The van der Waals surface area contributed by atoms with Gasteiger partial charge in [0.1, 0.15) is 6.10 Å². The average molecular weight is 241 g/mol. The van der Waals surface area contributed by atoms with E-state index in [0.717, 1.165) is 0 Å². The summed E-state index contributed by atoms with van der Waals surface area (Å²) in [5.74, 6) is -1.11. The van der Waals surface area contributed by atoms with Crippen LogP contribution in [-0.4, -0.2) is 41.8 Å². The molecule has 0 N–H and O–H groups in total. The Morgan fingerprint density at radius 1 is 1.35 bits per heavy atom. The topological polar surface area (TPSA) is 63.7 Å². The highest BCUT2D eigenvalue weighted by molar-refractivity contribution is 6.23. The van der Waals surface area contributed by atoms with Crippen LogP contribution in [0.1, 0.15) is 27.7 Å². The van der Waals surface area contributed by atoms with Crippen molar-refractivity contribution in [2.45, 2.75) is 39.8 Å². The van der Waals surface area contributed by atoms with E-state index in [1.54, 1.807) is 27.7 Å². The van der Waals surface area contributed by atoms with Crippen LogP contribution in [0.5, 0.6) is 0 Å². The predicted octanol–water partition coefficient (Wildman–Crippen LogP) is 0.930. The molecule has 0 fully saturated rings. The summed E-state index contributed by atoms with van der Waals surface area (Å²) in [6, 6.07) is -0.126. The van der Waals surface area contributed by atoms with E-state index in [-0.39, 0.29) is 18.9 Å². The number of hydrogen-bond acceptors (Lipinski definition) is 4. The van der Waals surface area contributed by atoms with E-state index in [2.05, 4.69) is 6.58 Å². The van der Waals surface area contributed by atoms with Gasteiger partial charge in [0.25, 0.3) is 5.91 Å². The molecule has 1 atom stereocenters. The second-order valence-corrected chi connectivity index (χ2v) is 4.20. The maximum Gasteiger partial charge on any atom is 0.333 e. The fraction of sp³-hybridized carbons (Fsp3) is 0.583. The Morgan fingerprint density at radius 3 is 2.24 bits per heavy atom. The molecule has 0 aliphatic carbocycles. The van der Waals surface area contributed by atoms with Gasteiger partial charge >= 0.3 is 5.97 Å². The van der Waals surface area contributed by atoms with Crippen LogP contribution in [0.15, 0.2) is 12.2 Å². The molecule has 0 spiro atoms. The molecule has 1 unspecified atom stereocenters. The minimum Gasteiger partial charge on any atom is -0.457 e. The van der Waals surface area contributed by atoms with Crippen LogP contribution in [0.4, 0.5) is 0 Å². The number of ether oxygens (including phenoxy) is 1. The monoisotopic (exact) mass is 241 g/mol. The van der Waals surface area contributed by atoms with E-state index in [4.69, 9.17) is 4.74 Å². The summed E-state index contributed by atoms with van der Waals surface area (Å²) in [5.41, 5.74) is 0.301. The molecule has 1 amide bonds. The van der Waals surface area contributed by atoms with E-state index < -0.39 is 18.0 Å². The summed E-state index contributed by atoms with van der Waals surface area (Å²) < 4.78 is 5.04. The van der Waals surface area contributed by atoms with Crippen LogP contribution in [0.25, 0.3) is 0 Å². The van der Waals surface area contributed by atoms with Crippen LogP contribution >= 0.6 is 0 Å². The van der Waals surface area contributed by atoms with Gasteiger partial charge in [-0.3, -0.25) is 9.59 Å². The van der Waals surface area contributed by atoms with Crippen molar-refractivity contribution in [1.29, 1.82) is 0 Å². The first kappa shape index (κ1) is 15.3. The summed E-state index contributed by atoms with van der Waals surface area (Å²) in [5, 5.41) is 0. The van der Waals surface area contributed by atoms with Crippen LogP contribution in [-0.2, 0) is 19.1 Å². The molecular weight excluding hydrogens is 222 g/mol. The van der Waals surface area contributed by atoms with E-state index in [9.17, 15) is 14.4 Å². The molecule has 96 valence electrons. The van der Waals surface area contributed by atoms with Crippen molar-refractivity contribution in [1.82, 2.24) is 4.90 Å². The van der Waals surface area contributed by atoms with Crippen molar-refractivity contribution in [2.75, 3.05) is 6.54 Å². The first-order valence-corrected chi connectivity index (χ1v) is 5.41. The molecule has 0 aliphatic heterocycles. The Hall–Kier alpha value is -1.65. The number of amides is 1. The van der Waals surface area contributed by atoms with Gasteiger partial charge in [0, 0.05) is 11.6 Å². The first-order chi connectivity index (χ1) is 7.79. The molecule has 0 saturated carbocycles. The number of carbonyl (C=O) groups is 3. The number of rotatable bonds is 6. The van der Waals surface area contributed by atoms with Gasteiger partial charge in [0.05, 0.1) is 6.54 Å². The maximum atomic E-state index is 11.3. The third-order valence-electron chi connectivity index (χ3n) is 2.12.